The Morgan fingerprint density at radius 2 is 1.98 bits per heavy atom. The van der Waals surface area contributed by atoms with Gasteiger partial charge in [0.25, 0.3) is 0 Å². The normalized spacial score (nSPS) is 18.4. The Balaban J connectivity index is 1.08. The van der Waals surface area contributed by atoms with E-state index in [1.807, 2.05) is 36.1 Å². The van der Waals surface area contributed by atoms with E-state index in [1.165, 1.54) is 11.9 Å². The summed E-state index contributed by atoms with van der Waals surface area (Å²) < 4.78 is 9.33. The van der Waals surface area contributed by atoms with Crippen LogP contribution in [0.25, 0.3) is 5.65 Å². The number of rotatable bonds is 9. The summed E-state index contributed by atoms with van der Waals surface area (Å²) in [5.74, 6) is 1.72. The van der Waals surface area contributed by atoms with Crippen LogP contribution in [0.1, 0.15) is 55.4 Å². The smallest absolute Gasteiger partial charge is 0.318 e. The molecule has 1 spiro atoms. The van der Waals surface area contributed by atoms with Crippen LogP contribution < -0.4 is 10.1 Å². The molecule has 13 heteroatoms. The highest BCUT2D eigenvalue weighted by Gasteiger charge is 2.47. The maximum Gasteiger partial charge on any atom is 0.318 e. The Morgan fingerprint density at radius 3 is 2.68 bits per heavy atom. The van der Waals surface area contributed by atoms with Gasteiger partial charge in [-0.3, -0.25) is 9.48 Å². The first-order valence-corrected chi connectivity index (χ1v) is 15.0. The number of fused-ring (bicyclic) bond motifs is 1. The lowest BCUT2D eigenvalue weighted by Crippen LogP contribution is -2.54. The molecule has 0 aliphatic carbocycles. The van der Waals surface area contributed by atoms with Crippen LogP contribution in [0.4, 0.5) is 4.79 Å². The zero-order valence-corrected chi connectivity index (χ0v) is 25.6. The number of hydrogen-bond acceptors (Lipinski definition) is 8. The maximum absolute atomic E-state index is 13.1. The number of nitrogens with one attached hydrogen (secondary N) is 1. The molecule has 2 aliphatic heterocycles. The molecule has 3 amide bonds. The molecule has 13 nitrogen and oxygen atoms in total. The standard InChI is InChI=1S/C31H39N9O4/c1-21-14-24(44-17-22(2)23-8-6-5-7-9-23)16-40-27(21)34-28(36-40)30(3,43)18-39-19-31(35-29(39)42)10-12-38(13-11-31)26(41)15-25-32-20-33-37(25)4/h5-9,14,16,20,22,43H,10-13,15,17-19H2,1-4H3,(H,35,42)/t22-,30?/m0/s1. The SMILES string of the molecule is Cc1cc(OC[C@H](C)c2ccccc2)cn2nc(C(C)(O)CN3CC4(CCN(C(=O)Cc5ncnn5C)CC4)NC3=O)nc12. The van der Waals surface area contributed by atoms with E-state index in [0.29, 0.717) is 56.3 Å². The molecule has 232 valence electrons. The van der Waals surface area contributed by atoms with Gasteiger partial charge in [-0.25, -0.2) is 19.3 Å². The molecule has 2 atom stereocenters. The summed E-state index contributed by atoms with van der Waals surface area (Å²) in [5.41, 5.74) is 0.735. The van der Waals surface area contributed by atoms with E-state index in [4.69, 9.17) is 4.74 Å². The third kappa shape index (κ3) is 5.96. The van der Waals surface area contributed by atoms with Crippen LogP contribution in [0.15, 0.2) is 48.9 Å². The lowest BCUT2D eigenvalue weighted by molar-refractivity contribution is -0.132. The van der Waals surface area contributed by atoms with Crippen molar-refractivity contribution in [3.8, 4) is 5.75 Å². The number of aliphatic hydroxyl groups is 1. The molecule has 44 heavy (non-hydrogen) atoms. The molecule has 2 saturated heterocycles. The predicted molar refractivity (Wildman–Crippen MR) is 161 cm³/mol. The quantitative estimate of drug-likeness (QED) is 0.297. The zero-order chi connectivity index (χ0) is 31.1. The number of carbonyl (C=O) groups excluding carboxylic acids is 2. The third-order valence-corrected chi connectivity index (χ3v) is 8.78. The molecule has 6 rings (SSSR count). The van der Waals surface area contributed by atoms with Crippen LogP contribution in [0.2, 0.25) is 0 Å². The Labute approximate surface area is 255 Å². The monoisotopic (exact) mass is 601 g/mol. The van der Waals surface area contributed by atoms with Gasteiger partial charge in [0.05, 0.1) is 31.3 Å². The van der Waals surface area contributed by atoms with Crippen LogP contribution in [-0.4, -0.2) is 94.5 Å². The number of piperidine rings is 1. The van der Waals surface area contributed by atoms with Crippen molar-refractivity contribution in [1.82, 2.24) is 44.5 Å². The first-order valence-electron chi connectivity index (χ1n) is 15.0. The number of β-amino-alcohol motifs (C(OH)–C–C–N with tert-alkyl or cyclic N) is 1. The lowest BCUT2D eigenvalue weighted by atomic mass is 9.88. The van der Waals surface area contributed by atoms with E-state index >= 15 is 0 Å². The number of ether oxygens (including phenoxy) is 1. The van der Waals surface area contributed by atoms with Crippen LogP contribution in [0, 0.1) is 6.92 Å². The molecule has 0 radical (unpaired) electrons. The van der Waals surface area contributed by atoms with Gasteiger partial charge in [0.1, 0.15) is 23.5 Å². The topological polar surface area (TPSA) is 143 Å². The Kier molecular flexibility index (Phi) is 7.74. The Bertz CT molecular complexity index is 1660. The highest BCUT2D eigenvalue weighted by Crippen LogP contribution is 2.31. The van der Waals surface area contributed by atoms with Gasteiger partial charge >= 0.3 is 6.03 Å². The second-order valence-electron chi connectivity index (χ2n) is 12.4. The molecule has 3 aromatic heterocycles. The Morgan fingerprint density at radius 1 is 1.23 bits per heavy atom. The lowest BCUT2D eigenvalue weighted by Gasteiger charge is -2.39. The highest BCUT2D eigenvalue weighted by molar-refractivity contribution is 5.79. The minimum absolute atomic E-state index is 0.00690. The number of nitrogens with zero attached hydrogens (tertiary/aromatic N) is 8. The molecular formula is C31H39N9O4. The summed E-state index contributed by atoms with van der Waals surface area (Å²) in [6.07, 6.45) is 4.65. The van der Waals surface area contributed by atoms with Crippen molar-refractivity contribution >= 4 is 17.6 Å². The number of benzene rings is 1. The summed E-state index contributed by atoms with van der Waals surface area (Å²) in [5, 5.41) is 23.3. The summed E-state index contributed by atoms with van der Waals surface area (Å²) in [6.45, 7) is 7.70. The summed E-state index contributed by atoms with van der Waals surface area (Å²) in [6, 6.07) is 11.9. The average molecular weight is 602 g/mol. The molecular weight excluding hydrogens is 562 g/mol. The molecule has 4 aromatic rings. The van der Waals surface area contributed by atoms with Crippen molar-refractivity contribution in [1.29, 1.82) is 0 Å². The van der Waals surface area contributed by atoms with Crippen LogP contribution in [-0.2, 0) is 23.9 Å². The third-order valence-electron chi connectivity index (χ3n) is 8.78. The van der Waals surface area contributed by atoms with Crippen molar-refractivity contribution in [2.24, 2.45) is 7.05 Å². The van der Waals surface area contributed by atoms with Crippen LogP contribution >= 0.6 is 0 Å². The zero-order valence-electron chi connectivity index (χ0n) is 25.6. The van der Waals surface area contributed by atoms with E-state index in [9.17, 15) is 14.7 Å². The van der Waals surface area contributed by atoms with Gasteiger partial charge in [-0.05, 0) is 43.9 Å². The van der Waals surface area contributed by atoms with Gasteiger partial charge in [-0.1, -0.05) is 37.3 Å². The van der Waals surface area contributed by atoms with Gasteiger partial charge < -0.3 is 25.0 Å². The maximum atomic E-state index is 13.1. The fourth-order valence-corrected chi connectivity index (χ4v) is 6.07. The minimum Gasteiger partial charge on any atom is -0.491 e. The number of carbonyl (C=O) groups is 2. The summed E-state index contributed by atoms with van der Waals surface area (Å²) in [4.78, 5) is 38.1. The molecule has 5 heterocycles. The second kappa shape index (κ2) is 11.5. The van der Waals surface area contributed by atoms with Gasteiger partial charge in [0.2, 0.25) is 5.91 Å². The number of pyridine rings is 1. The van der Waals surface area contributed by atoms with E-state index in [2.05, 4.69) is 44.5 Å². The molecule has 1 unspecified atom stereocenters. The fraction of sp³-hybridized carbons (Fsp3) is 0.484. The molecule has 2 aliphatic rings. The number of amides is 3. The van der Waals surface area contributed by atoms with Crippen LogP contribution in [0.5, 0.6) is 5.75 Å². The highest BCUT2D eigenvalue weighted by atomic mass is 16.5. The summed E-state index contributed by atoms with van der Waals surface area (Å²) >= 11 is 0. The van der Waals surface area contributed by atoms with Gasteiger partial charge in [-0.2, -0.15) is 5.10 Å². The van der Waals surface area contributed by atoms with E-state index in [0.717, 1.165) is 5.56 Å². The number of urea groups is 1. The van der Waals surface area contributed by atoms with Crippen molar-refractivity contribution < 1.29 is 19.4 Å². The van der Waals surface area contributed by atoms with Crippen molar-refractivity contribution in [2.45, 2.75) is 57.1 Å². The van der Waals surface area contributed by atoms with E-state index in [1.54, 1.807) is 34.3 Å². The van der Waals surface area contributed by atoms with Crippen molar-refractivity contribution in [3.63, 3.8) is 0 Å². The first-order chi connectivity index (χ1) is 21.0. The van der Waals surface area contributed by atoms with Crippen molar-refractivity contribution in [2.75, 3.05) is 32.8 Å². The largest absolute Gasteiger partial charge is 0.491 e. The number of likely N-dealkylation sites (tertiary alicyclic amines) is 1. The first kappa shape index (κ1) is 29.5. The Hall–Kier alpha value is -4.52. The molecule has 0 saturated carbocycles. The van der Waals surface area contributed by atoms with E-state index in [-0.39, 0.29) is 36.6 Å². The van der Waals surface area contributed by atoms with Gasteiger partial charge in [0.15, 0.2) is 11.5 Å². The second-order valence-corrected chi connectivity index (χ2v) is 12.4. The van der Waals surface area contributed by atoms with E-state index < -0.39 is 11.1 Å². The number of hydrogen-bond donors (Lipinski definition) is 2. The number of aromatic nitrogens is 6. The van der Waals surface area contributed by atoms with Crippen molar-refractivity contribution in [3.05, 3.63) is 71.7 Å². The summed E-state index contributed by atoms with van der Waals surface area (Å²) in [7, 11) is 1.77. The molecule has 1 aromatic carbocycles. The molecule has 2 fully saturated rings. The molecule has 2 N–H and O–H groups in total. The van der Waals surface area contributed by atoms with Gasteiger partial charge in [-0.15, -0.1) is 5.10 Å². The molecule has 0 bridgehead atoms. The van der Waals surface area contributed by atoms with Gasteiger partial charge in [0, 0.05) is 32.6 Å². The van der Waals surface area contributed by atoms with Crippen LogP contribution in [0.3, 0.4) is 0 Å². The average Bonchev–Trinajstić information content (AvgIpc) is 3.70. The fourth-order valence-electron chi connectivity index (χ4n) is 6.07. The predicted octanol–water partition coefficient (Wildman–Crippen LogP) is 2.19. The number of aryl methyl sites for hydroxylation is 2. The minimum atomic E-state index is -1.49.